The zero-order valence-corrected chi connectivity index (χ0v) is 20.0. The van der Waals surface area contributed by atoms with Crippen LogP contribution in [0.2, 0.25) is 0 Å². The minimum absolute atomic E-state index is 0.0883. The lowest BCUT2D eigenvalue weighted by atomic mass is 9.94. The highest BCUT2D eigenvalue weighted by atomic mass is 32.2. The van der Waals surface area contributed by atoms with Crippen molar-refractivity contribution in [2.75, 3.05) is 32.1 Å². The molecular formula is C23H29N5O4S. The van der Waals surface area contributed by atoms with Gasteiger partial charge in [-0.3, -0.25) is 14.6 Å². The van der Waals surface area contributed by atoms with E-state index in [1.54, 1.807) is 28.1 Å². The van der Waals surface area contributed by atoms with Crippen molar-refractivity contribution in [1.82, 2.24) is 18.9 Å². The summed E-state index contributed by atoms with van der Waals surface area (Å²) >= 11 is 0. The van der Waals surface area contributed by atoms with Gasteiger partial charge in [-0.25, -0.2) is 0 Å². The Bertz CT molecular complexity index is 1200. The van der Waals surface area contributed by atoms with Crippen LogP contribution in [-0.2, 0) is 34.5 Å². The SMILES string of the molecule is Cc1ncc2c(c1CNS(=O)(=O)N(C)C)CCN(C(=O)c1cccc(N3CCCC3=O)c1)C2. The molecule has 3 heterocycles. The second-order valence-electron chi connectivity index (χ2n) is 8.61. The number of nitrogens with one attached hydrogen (secondary N) is 1. The lowest BCUT2D eigenvalue weighted by Crippen LogP contribution is -2.38. The van der Waals surface area contributed by atoms with E-state index in [1.807, 2.05) is 19.1 Å². The number of carbonyl (C=O) groups is 2. The molecule has 2 aliphatic heterocycles. The van der Waals surface area contributed by atoms with Gasteiger partial charge in [-0.1, -0.05) is 6.07 Å². The maximum atomic E-state index is 13.2. The average Bonchev–Trinajstić information content (AvgIpc) is 3.23. The zero-order valence-electron chi connectivity index (χ0n) is 19.2. The summed E-state index contributed by atoms with van der Waals surface area (Å²) in [4.78, 5) is 33.3. The third kappa shape index (κ3) is 4.78. The van der Waals surface area contributed by atoms with Crippen molar-refractivity contribution in [1.29, 1.82) is 0 Å². The summed E-state index contributed by atoms with van der Waals surface area (Å²) in [5, 5.41) is 0. The van der Waals surface area contributed by atoms with Crippen LogP contribution in [0.3, 0.4) is 0 Å². The predicted molar refractivity (Wildman–Crippen MR) is 125 cm³/mol. The molecular weight excluding hydrogens is 442 g/mol. The molecule has 0 spiro atoms. The lowest BCUT2D eigenvalue weighted by molar-refractivity contribution is -0.117. The Morgan fingerprint density at radius 3 is 2.70 bits per heavy atom. The van der Waals surface area contributed by atoms with Gasteiger partial charge in [-0.05, 0) is 54.7 Å². The molecule has 33 heavy (non-hydrogen) atoms. The molecule has 0 saturated carbocycles. The first-order valence-electron chi connectivity index (χ1n) is 11.0. The van der Waals surface area contributed by atoms with Gasteiger partial charge in [-0.2, -0.15) is 17.4 Å². The zero-order chi connectivity index (χ0) is 23.8. The number of carbonyl (C=O) groups excluding carboxylic acids is 2. The molecule has 1 N–H and O–H groups in total. The Labute approximate surface area is 194 Å². The second kappa shape index (κ2) is 9.20. The molecule has 1 fully saturated rings. The van der Waals surface area contributed by atoms with Crippen molar-refractivity contribution in [3.8, 4) is 0 Å². The third-order valence-electron chi connectivity index (χ3n) is 6.27. The van der Waals surface area contributed by atoms with Gasteiger partial charge in [0.1, 0.15) is 0 Å². The first kappa shape index (κ1) is 23.3. The van der Waals surface area contributed by atoms with Crippen LogP contribution >= 0.6 is 0 Å². The first-order valence-corrected chi connectivity index (χ1v) is 12.4. The van der Waals surface area contributed by atoms with E-state index >= 15 is 0 Å². The van der Waals surface area contributed by atoms with E-state index in [0.717, 1.165) is 38.8 Å². The fraction of sp³-hybridized carbons (Fsp3) is 0.435. The summed E-state index contributed by atoms with van der Waals surface area (Å²) in [6.07, 6.45) is 3.76. The van der Waals surface area contributed by atoms with Crippen LogP contribution in [0.1, 0.15) is 45.6 Å². The first-order chi connectivity index (χ1) is 15.7. The van der Waals surface area contributed by atoms with Crippen molar-refractivity contribution >= 4 is 27.7 Å². The summed E-state index contributed by atoms with van der Waals surface area (Å²) in [6, 6.07) is 7.23. The number of hydrogen-bond acceptors (Lipinski definition) is 5. The molecule has 0 bridgehead atoms. The van der Waals surface area contributed by atoms with Crippen molar-refractivity contribution in [2.45, 2.75) is 39.3 Å². The second-order valence-corrected chi connectivity index (χ2v) is 10.6. The number of aromatic nitrogens is 1. The number of fused-ring (bicyclic) bond motifs is 1. The van der Waals surface area contributed by atoms with E-state index in [9.17, 15) is 18.0 Å². The fourth-order valence-electron chi connectivity index (χ4n) is 4.33. The number of rotatable bonds is 6. The molecule has 1 saturated heterocycles. The summed E-state index contributed by atoms with van der Waals surface area (Å²) < 4.78 is 28.0. The smallest absolute Gasteiger partial charge is 0.279 e. The minimum Gasteiger partial charge on any atom is -0.334 e. The van der Waals surface area contributed by atoms with E-state index in [-0.39, 0.29) is 18.4 Å². The van der Waals surface area contributed by atoms with E-state index in [2.05, 4.69) is 9.71 Å². The monoisotopic (exact) mass is 471 g/mol. The quantitative estimate of drug-likeness (QED) is 0.690. The normalized spacial score (nSPS) is 16.4. The Hall–Kier alpha value is -2.82. The highest BCUT2D eigenvalue weighted by Crippen LogP contribution is 2.27. The van der Waals surface area contributed by atoms with Crippen molar-refractivity contribution in [2.24, 2.45) is 0 Å². The molecule has 176 valence electrons. The Balaban J connectivity index is 1.52. The third-order valence-corrected chi connectivity index (χ3v) is 7.74. The van der Waals surface area contributed by atoms with Crippen LogP contribution in [0, 0.1) is 6.92 Å². The number of pyridine rings is 1. The summed E-state index contributed by atoms with van der Waals surface area (Å²) in [7, 11) is -0.596. The van der Waals surface area contributed by atoms with Crippen molar-refractivity contribution in [3.05, 3.63) is 58.4 Å². The molecule has 9 nitrogen and oxygen atoms in total. The van der Waals surface area contributed by atoms with E-state index in [1.165, 1.54) is 14.1 Å². The highest BCUT2D eigenvalue weighted by Gasteiger charge is 2.27. The standard InChI is InChI=1S/C23H29N5O4S/c1-16-21(14-25-33(31,32)26(2)3)20-9-11-27(15-18(20)13-24-16)23(30)17-6-4-7-19(12-17)28-10-5-8-22(28)29/h4,6-7,12-13,25H,5,8-11,14-15H2,1-3H3. The van der Waals surface area contributed by atoms with Crippen LogP contribution in [0.25, 0.3) is 0 Å². The van der Waals surface area contributed by atoms with E-state index in [0.29, 0.717) is 38.0 Å². The van der Waals surface area contributed by atoms with Crippen LogP contribution in [0.5, 0.6) is 0 Å². The average molecular weight is 472 g/mol. The molecule has 0 unspecified atom stereocenters. The molecule has 0 aliphatic carbocycles. The minimum atomic E-state index is -3.55. The van der Waals surface area contributed by atoms with Crippen molar-refractivity contribution in [3.63, 3.8) is 0 Å². The van der Waals surface area contributed by atoms with Crippen LogP contribution in [-0.4, -0.2) is 61.6 Å². The summed E-state index contributed by atoms with van der Waals surface area (Å²) in [5.41, 5.74) is 4.91. The summed E-state index contributed by atoms with van der Waals surface area (Å²) in [5.74, 6) is -0.00468. The number of anilines is 1. The molecule has 2 aromatic rings. The van der Waals surface area contributed by atoms with Gasteiger partial charge in [0, 0.05) is 69.8 Å². The van der Waals surface area contributed by atoms with E-state index in [4.69, 9.17) is 0 Å². The highest BCUT2D eigenvalue weighted by molar-refractivity contribution is 7.87. The van der Waals surface area contributed by atoms with Gasteiger partial charge in [0.05, 0.1) is 0 Å². The van der Waals surface area contributed by atoms with Gasteiger partial charge < -0.3 is 9.80 Å². The fourth-order valence-corrected chi connectivity index (χ4v) is 4.92. The maximum Gasteiger partial charge on any atom is 0.279 e. The lowest BCUT2D eigenvalue weighted by Gasteiger charge is -2.31. The van der Waals surface area contributed by atoms with Crippen LogP contribution < -0.4 is 9.62 Å². The number of amides is 2. The number of hydrogen-bond donors (Lipinski definition) is 1. The Morgan fingerprint density at radius 2 is 2.00 bits per heavy atom. The molecule has 0 radical (unpaired) electrons. The van der Waals surface area contributed by atoms with E-state index < -0.39 is 10.2 Å². The number of nitrogens with zero attached hydrogens (tertiary/aromatic N) is 4. The van der Waals surface area contributed by atoms with Gasteiger partial charge in [-0.15, -0.1) is 0 Å². The number of aryl methyl sites for hydroxylation is 1. The topological polar surface area (TPSA) is 103 Å². The Kier molecular flexibility index (Phi) is 6.51. The number of benzene rings is 1. The van der Waals surface area contributed by atoms with Gasteiger partial charge in [0.2, 0.25) is 5.91 Å². The Morgan fingerprint density at radius 1 is 1.21 bits per heavy atom. The molecule has 4 rings (SSSR count). The molecule has 0 atom stereocenters. The van der Waals surface area contributed by atoms with Gasteiger partial charge in [0.15, 0.2) is 0 Å². The van der Waals surface area contributed by atoms with Gasteiger partial charge >= 0.3 is 0 Å². The summed E-state index contributed by atoms with van der Waals surface area (Å²) in [6.45, 7) is 3.63. The predicted octanol–water partition coefficient (Wildman–Crippen LogP) is 1.61. The molecule has 2 amide bonds. The van der Waals surface area contributed by atoms with Gasteiger partial charge in [0.25, 0.3) is 16.1 Å². The molecule has 10 heteroatoms. The molecule has 1 aromatic carbocycles. The maximum absolute atomic E-state index is 13.2. The van der Waals surface area contributed by atoms with Crippen LogP contribution in [0.15, 0.2) is 30.5 Å². The molecule has 2 aliphatic rings. The largest absolute Gasteiger partial charge is 0.334 e. The molecule has 1 aromatic heterocycles. The van der Waals surface area contributed by atoms with Crippen LogP contribution in [0.4, 0.5) is 5.69 Å². The van der Waals surface area contributed by atoms with Crippen molar-refractivity contribution < 1.29 is 18.0 Å².